The summed E-state index contributed by atoms with van der Waals surface area (Å²) in [5, 5.41) is 3.42. The van der Waals surface area contributed by atoms with Gasteiger partial charge in [0.15, 0.2) is 0 Å². The second-order valence-electron chi connectivity index (χ2n) is 4.58. The topological polar surface area (TPSA) is 21.3 Å². The Morgan fingerprint density at radius 1 is 1.58 bits per heavy atom. The van der Waals surface area contributed by atoms with E-state index < -0.39 is 0 Å². The van der Waals surface area contributed by atoms with E-state index in [1.54, 1.807) is 6.07 Å². The number of rotatable bonds is 5. The minimum absolute atomic E-state index is 0.0362. The molecule has 0 aromatic heterocycles. The minimum Gasteiger partial charge on any atom is -0.375 e. The van der Waals surface area contributed by atoms with Crippen LogP contribution in [0.25, 0.3) is 0 Å². The Morgan fingerprint density at radius 2 is 2.42 bits per heavy atom. The molecule has 2 unspecified atom stereocenters. The fraction of sp³-hybridized carbons (Fsp3) is 0.571. The second-order valence-corrected chi connectivity index (χ2v) is 6.65. The van der Waals surface area contributed by atoms with Crippen LogP contribution in [-0.2, 0) is 4.74 Å². The molecule has 0 saturated carbocycles. The smallest absolute Gasteiger partial charge is 0.128 e. The fourth-order valence-corrected chi connectivity index (χ4v) is 3.47. The second kappa shape index (κ2) is 7.62. The molecule has 1 N–H and O–H groups in total. The standard InChI is InChI=1S/C14H19BrFNOS/c1-2-5-17-14(13-9-19-7-6-18-13)11-8-10(15)3-4-12(11)16/h3-4,8,13-14,17H,2,5-7,9H2,1H3. The van der Waals surface area contributed by atoms with E-state index >= 15 is 0 Å². The molecule has 0 aliphatic carbocycles. The number of hydrogen-bond acceptors (Lipinski definition) is 3. The van der Waals surface area contributed by atoms with Crippen LogP contribution in [0.4, 0.5) is 4.39 Å². The Kier molecular flexibility index (Phi) is 6.13. The Balaban J connectivity index is 2.22. The zero-order valence-electron chi connectivity index (χ0n) is 11.0. The lowest BCUT2D eigenvalue weighted by molar-refractivity contribution is 0.0458. The minimum atomic E-state index is -0.170. The van der Waals surface area contributed by atoms with Crippen molar-refractivity contribution >= 4 is 27.7 Å². The van der Waals surface area contributed by atoms with Crippen molar-refractivity contribution in [3.63, 3.8) is 0 Å². The van der Waals surface area contributed by atoms with E-state index in [4.69, 9.17) is 4.74 Å². The Labute approximate surface area is 126 Å². The fourth-order valence-electron chi connectivity index (χ4n) is 2.19. The molecule has 1 aliphatic rings. The van der Waals surface area contributed by atoms with Gasteiger partial charge in [0.2, 0.25) is 0 Å². The maximum atomic E-state index is 14.1. The van der Waals surface area contributed by atoms with Crippen LogP contribution < -0.4 is 5.32 Å². The predicted molar refractivity (Wildman–Crippen MR) is 82.2 cm³/mol. The van der Waals surface area contributed by atoms with Crippen molar-refractivity contribution in [2.45, 2.75) is 25.5 Å². The first kappa shape index (κ1) is 15.3. The molecule has 1 aromatic rings. The molecule has 0 spiro atoms. The normalized spacial score (nSPS) is 21.3. The predicted octanol–water partition coefficient (Wildman–Crippen LogP) is 3.76. The molecular weight excluding hydrogens is 329 g/mol. The molecule has 1 heterocycles. The van der Waals surface area contributed by atoms with E-state index in [2.05, 4.69) is 28.2 Å². The highest BCUT2D eigenvalue weighted by atomic mass is 79.9. The molecule has 1 aliphatic heterocycles. The number of thioether (sulfide) groups is 1. The Morgan fingerprint density at radius 3 is 3.11 bits per heavy atom. The maximum Gasteiger partial charge on any atom is 0.128 e. The van der Waals surface area contributed by atoms with Crippen LogP contribution in [0.15, 0.2) is 22.7 Å². The number of ether oxygens (including phenoxy) is 1. The highest BCUT2D eigenvalue weighted by Gasteiger charge is 2.28. The molecule has 0 radical (unpaired) electrons. The van der Waals surface area contributed by atoms with Gasteiger partial charge in [-0.3, -0.25) is 0 Å². The molecular formula is C14H19BrFNOS. The number of hydrogen-bond donors (Lipinski definition) is 1. The van der Waals surface area contributed by atoms with E-state index in [9.17, 15) is 4.39 Å². The lowest BCUT2D eigenvalue weighted by Crippen LogP contribution is -2.39. The lowest BCUT2D eigenvalue weighted by Gasteiger charge is -2.31. The van der Waals surface area contributed by atoms with Crippen LogP contribution in [0.5, 0.6) is 0 Å². The van der Waals surface area contributed by atoms with E-state index in [0.29, 0.717) is 5.56 Å². The average molecular weight is 348 g/mol. The van der Waals surface area contributed by atoms with Gasteiger partial charge in [0.25, 0.3) is 0 Å². The van der Waals surface area contributed by atoms with Crippen LogP contribution in [0.1, 0.15) is 24.9 Å². The summed E-state index contributed by atoms with van der Waals surface area (Å²) in [6, 6.07) is 5.01. The van der Waals surface area contributed by atoms with Gasteiger partial charge in [0.1, 0.15) is 5.82 Å². The van der Waals surface area contributed by atoms with Gasteiger partial charge >= 0.3 is 0 Å². The molecule has 106 valence electrons. The Hall–Kier alpha value is -0.100. The van der Waals surface area contributed by atoms with Crippen molar-refractivity contribution < 1.29 is 9.13 Å². The van der Waals surface area contributed by atoms with Crippen LogP contribution >= 0.6 is 27.7 Å². The summed E-state index contributed by atoms with van der Waals surface area (Å²) in [5.74, 6) is 1.77. The first-order valence-electron chi connectivity index (χ1n) is 6.60. The molecule has 0 bridgehead atoms. The van der Waals surface area contributed by atoms with Crippen LogP contribution in [-0.4, -0.2) is 30.8 Å². The van der Waals surface area contributed by atoms with Crippen molar-refractivity contribution in [1.29, 1.82) is 0 Å². The summed E-state index contributed by atoms with van der Waals surface area (Å²) in [4.78, 5) is 0. The third-order valence-corrected chi connectivity index (χ3v) is 4.63. The van der Waals surface area contributed by atoms with Gasteiger partial charge in [-0.1, -0.05) is 22.9 Å². The van der Waals surface area contributed by atoms with Crippen molar-refractivity contribution in [3.8, 4) is 0 Å². The van der Waals surface area contributed by atoms with E-state index in [1.165, 1.54) is 6.07 Å². The van der Waals surface area contributed by atoms with Crippen LogP contribution in [0.3, 0.4) is 0 Å². The molecule has 0 amide bonds. The van der Waals surface area contributed by atoms with Crippen molar-refractivity contribution in [2.24, 2.45) is 0 Å². The van der Waals surface area contributed by atoms with Gasteiger partial charge in [-0.25, -0.2) is 4.39 Å². The number of nitrogens with one attached hydrogen (secondary N) is 1. The number of benzene rings is 1. The molecule has 2 nitrogen and oxygen atoms in total. The number of halogens is 2. The highest BCUT2D eigenvalue weighted by Crippen LogP contribution is 2.29. The molecule has 2 atom stereocenters. The van der Waals surface area contributed by atoms with Crippen molar-refractivity contribution in [1.82, 2.24) is 5.32 Å². The Bertz CT molecular complexity index is 412. The average Bonchev–Trinajstić information content (AvgIpc) is 2.44. The summed E-state index contributed by atoms with van der Waals surface area (Å²) < 4.78 is 20.8. The molecule has 1 aromatic carbocycles. The van der Waals surface area contributed by atoms with Crippen LogP contribution in [0, 0.1) is 5.82 Å². The van der Waals surface area contributed by atoms with Gasteiger partial charge < -0.3 is 10.1 Å². The van der Waals surface area contributed by atoms with Gasteiger partial charge in [0.05, 0.1) is 18.8 Å². The molecule has 1 saturated heterocycles. The molecule has 19 heavy (non-hydrogen) atoms. The summed E-state index contributed by atoms with van der Waals surface area (Å²) in [6.45, 7) is 3.72. The molecule has 1 fully saturated rings. The third-order valence-electron chi connectivity index (χ3n) is 3.12. The van der Waals surface area contributed by atoms with Gasteiger partial charge in [0, 0.05) is 21.5 Å². The monoisotopic (exact) mass is 347 g/mol. The van der Waals surface area contributed by atoms with Crippen molar-refractivity contribution in [2.75, 3.05) is 24.7 Å². The first-order chi connectivity index (χ1) is 9.22. The largest absolute Gasteiger partial charge is 0.375 e. The lowest BCUT2D eigenvalue weighted by atomic mass is 10.0. The SMILES string of the molecule is CCCNC(c1cc(Br)ccc1F)C1CSCCO1. The summed E-state index contributed by atoms with van der Waals surface area (Å²) >= 11 is 5.29. The zero-order chi connectivity index (χ0) is 13.7. The van der Waals surface area contributed by atoms with Gasteiger partial charge in [-0.2, -0.15) is 11.8 Å². The summed E-state index contributed by atoms with van der Waals surface area (Å²) in [6.07, 6.45) is 1.06. The third kappa shape index (κ3) is 4.18. The van der Waals surface area contributed by atoms with Gasteiger partial charge in [-0.05, 0) is 31.2 Å². The molecule has 5 heteroatoms. The highest BCUT2D eigenvalue weighted by molar-refractivity contribution is 9.10. The molecule has 2 rings (SSSR count). The zero-order valence-corrected chi connectivity index (χ0v) is 13.4. The van der Waals surface area contributed by atoms with E-state index in [1.807, 2.05) is 17.8 Å². The summed E-state index contributed by atoms with van der Waals surface area (Å²) in [5.41, 5.74) is 0.690. The van der Waals surface area contributed by atoms with Gasteiger partial charge in [-0.15, -0.1) is 0 Å². The van der Waals surface area contributed by atoms with Crippen molar-refractivity contribution in [3.05, 3.63) is 34.1 Å². The summed E-state index contributed by atoms with van der Waals surface area (Å²) in [7, 11) is 0. The first-order valence-corrected chi connectivity index (χ1v) is 8.55. The van der Waals surface area contributed by atoms with E-state index in [0.717, 1.165) is 35.6 Å². The van der Waals surface area contributed by atoms with E-state index in [-0.39, 0.29) is 18.0 Å². The quantitative estimate of drug-likeness (QED) is 0.876. The maximum absolute atomic E-state index is 14.1. The van der Waals surface area contributed by atoms with Crippen LogP contribution in [0.2, 0.25) is 0 Å².